The number of hydrogen-bond donors (Lipinski definition) is 2. The fraction of sp³-hybridized carbons (Fsp3) is 0.286. The van der Waals surface area contributed by atoms with Crippen molar-refractivity contribution in [2.24, 2.45) is 7.05 Å². The normalized spacial score (nSPS) is 10.5. The highest BCUT2D eigenvalue weighted by Crippen LogP contribution is 2.23. The van der Waals surface area contributed by atoms with Gasteiger partial charge in [0, 0.05) is 24.6 Å². The smallest absolute Gasteiger partial charge is 0.259 e. The molecule has 5 nitrogen and oxygen atoms in total. The van der Waals surface area contributed by atoms with Crippen LogP contribution in [0, 0.1) is 20.8 Å². The lowest BCUT2D eigenvalue weighted by molar-refractivity contribution is 0.102. The molecular weight excluding hydrogens is 240 g/mol. The summed E-state index contributed by atoms with van der Waals surface area (Å²) in [5, 5.41) is 7.04. The number of nitrogens with one attached hydrogen (secondary N) is 1. The molecule has 1 aromatic carbocycles. The Hall–Kier alpha value is -2.30. The molecule has 0 fully saturated rings. The highest BCUT2D eigenvalue weighted by atomic mass is 16.1. The molecule has 1 heterocycles. The maximum absolute atomic E-state index is 12.2. The third-order valence-corrected chi connectivity index (χ3v) is 3.12. The lowest BCUT2D eigenvalue weighted by atomic mass is 10.1. The SMILES string of the molecule is Cc1cc(C)c(NC(=O)c2cn(C)nc2C)cc1N. The molecule has 100 valence electrons. The number of hydrogen-bond acceptors (Lipinski definition) is 3. The summed E-state index contributed by atoms with van der Waals surface area (Å²) in [7, 11) is 1.79. The van der Waals surface area contributed by atoms with Crippen LogP contribution in [0.1, 0.15) is 27.2 Å². The number of nitrogens with zero attached hydrogens (tertiary/aromatic N) is 2. The van der Waals surface area contributed by atoms with Gasteiger partial charge in [-0.2, -0.15) is 5.10 Å². The lowest BCUT2D eigenvalue weighted by Crippen LogP contribution is -2.13. The summed E-state index contributed by atoms with van der Waals surface area (Å²) in [4.78, 5) is 12.2. The summed E-state index contributed by atoms with van der Waals surface area (Å²) in [6, 6.07) is 3.75. The van der Waals surface area contributed by atoms with Gasteiger partial charge in [-0.05, 0) is 38.0 Å². The molecule has 0 saturated carbocycles. The Labute approximate surface area is 112 Å². The average Bonchev–Trinajstić information content (AvgIpc) is 2.65. The summed E-state index contributed by atoms with van der Waals surface area (Å²) < 4.78 is 1.63. The maximum Gasteiger partial charge on any atom is 0.259 e. The van der Waals surface area contributed by atoms with Gasteiger partial charge in [0.05, 0.1) is 11.3 Å². The fourth-order valence-electron chi connectivity index (χ4n) is 2.02. The lowest BCUT2D eigenvalue weighted by Gasteiger charge is -2.10. The molecule has 0 aliphatic carbocycles. The van der Waals surface area contributed by atoms with Crippen molar-refractivity contribution >= 4 is 17.3 Å². The van der Waals surface area contributed by atoms with Gasteiger partial charge in [-0.25, -0.2) is 0 Å². The monoisotopic (exact) mass is 258 g/mol. The van der Waals surface area contributed by atoms with Gasteiger partial charge in [-0.15, -0.1) is 0 Å². The quantitative estimate of drug-likeness (QED) is 0.811. The Morgan fingerprint density at radius 3 is 2.53 bits per heavy atom. The third kappa shape index (κ3) is 2.59. The molecule has 0 atom stereocenters. The zero-order valence-corrected chi connectivity index (χ0v) is 11.6. The van der Waals surface area contributed by atoms with Crippen LogP contribution < -0.4 is 11.1 Å². The minimum atomic E-state index is -0.169. The molecule has 5 heteroatoms. The van der Waals surface area contributed by atoms with Gasteiger partial charge in [0.15, 0.2) is 0 Å². The summed E-state index contributed by atoms with van der Waals surface area (Å²) in [5.41, 5.74) is 10.5. The Kier molecular flexibility index (Phi) is 3.29. The second kappa shape index (κ2) is 4.76. The second-order valence-corrected chi connectivity index (χ2v) is 4.78. The number of aryl methyl sites for hydroxylation is 4. The predicted molar refractivity (Wildman–Crippen MR) is 76.2 cm³/mol. The van der Waals surface area contributed by atoms with Crippen molar-refractivity contribution in [2.45, 2.75) is 20.8 Å². The summed E-state index contributed by atoms with van der Waals surface area (Å²) in [6.45, 7) is 5.70. The number of anilines is 2. The van der Waals surface area contributed by atoms with E-state index >= 15 is 0 Å². The van der Waals surface area contributed by atoms with E-state index in [1.165, 1.54) is 0 Å². The first-order chi connectivity index (χ1) is 8.88. The van der Waals surface area contributed by atoms with Crippen LogP contribution in [0.2, 0.25) is 0 Å². The van der Waals surface area contributed by atoms with E-state index in [4.69, 9.17) is 5.73 Å². The van der Waals surface area contributed by atoms with Gasteiger partial charge in [0.1, 0.15) is 0 Å². The highest BCUT2D eigenvalue weighted by Gasteiger charge is 2.14. The molecule has 0 saturated heterocycles. The van der Waals surface area contributed by atoms with E-state index in [0.717, 1.165) is 16.8 Å². The van der Waals surface area contributed by atoms with Crippen LogP contribution in [0.15, 0.2) is 18.3 Å². The summed E-state index contributed by atoms with van der Waals surface area (Å²) >= 11 is 0. The van der Waals surface area contributed by atoms with E-state index in [0.29, 0.717) is 16.9 Å². The zero-order valence-electron chi connectivity index (χ0n) is 11.6. The Bertz CT molecular complexity index is 643. The topological polar surface area (TPSA) is 72.9 Å². The first-order valence-corrected chi connectivity index (χ1v) is 6.07. The van der Waals surface area contributed by atoms with E-state index in [9.17, 15) is 4.79 Å². The van der Waals surface area contributed by atoms with Crippen molar-refractivity contribution in [1.82, 2.24) is 9.78 Å². The first-order valence-electron chi connectivity index (χ1n) is 6.07. The summed E-state index contributed by atoms with van der Waals surface area (Å²) in [6.07, 6.45) is 1.71. The number of carbonyl (C=O) groups is 1. The molecule has 0 unspecified atom stereocenters. The third-order valence-electron chi connectivity index (χ3n) is 3.12. The Balaban J connectivity index is 2.29. The Morgan fingerprint density at radius 1 is 1.26 bits per heavy atom. The number of aromatic nitrogens is 2. The van der Waals surface area contributed by atoms with Crippen molar-refractivity contribution in [3.63, 3.8) is 0 Å². The van der Waals surface area contributed by atoms with Gasteiger partial charge < -0.3 is 11.1 Å². The highest BCUT2D eigenvalue weighted by molar-refractivity contribution is 6.05. The number of carbonyl (C=O) groups excluding carboxylic acids is 1. The van der Waals surface area contributed by atoms with Gasteiger partial charge >= 0.3 is 0 Å². The van der Waals surface area contributed by atoms with Crippen LogP contribution in [0.5, 0.6) is 0 Å². The molecule has 3 N–H and O–H groups in total. The zero-order chi connectivity index (χ0) is 14.2. The maximum atomic E-state index is 12.2. The fourth-order valence-corrected chi connectivity index (χ4v) is 2.02. The predicted octanol–water partition coefficient (Wildman–Crippen LogP) is 2.18. The molecule has 19 heavy (non-hydrogen) atoms. The second-order valence-electron chi connectivity index (χ2n) is 4.78. The van der Waals surface area contributed by atoms with Crippen LogP contribution >= 0.6 is 0 Å². The van der Waals surface area contributed by atoms with Gasteiger partial charge in [0.2, 0.25) is 0 Å². The number of nitrogens with two attached hydrogens (primary N) is 1. The van der Waals surface area contributed by atoms with Crippen LogP contribution in [0.4, 0.5) is 11.4 Å². The first kappa shape index (κ1) is 13.1. The summed E-state index contributed by atoms with van der Waals surface area (Å²) in [5.74, 6) is -0.169. The molecule has 0 spiro atoms. The van der Waals surface area contributed by atoms with Crippen molar-refractivity contribution in [1.29, 1.82) is 0 Å². The van der Waals surface area contributed by atoms with Crippen LogP contribution in [-0.2, 0) is 7.05 Å². The van der Waals surface area contributed by atoms with Gasteiger partial charge in [-0.1, -0.05) is 6.07 Å². The largest absolute Gasteiger partial charge is 0.398 e. The molecule has 0 aliphatic rings. The molecule has 0 bridgehead atoms. The average molecular weight is 258 g/mol. The van der Waals surface area contributed by atoms with Crippen LogP contribution in [0.3, 0.4) is 0 Å². The van der Waals surface area contributed by atoms with E-state index in [-0.39, 0.29) is 5.91 Å². The standard InChI is InChI=1S/C14H18N4O/c1-8-5-9(2)13(6-12(8)15)16-14(19)11-7-18(4)17-10(11)3/h5-7H,15H2,1-4H3,(H,16,19). The number of nitrogen functional groups attached to an aromatic ring is 1. The molecule has 2 aromatic rings. The van der Waals surface area contributed by atoms with Crippen LogP contribution in [0.25, 0.3) is 0 Å². The van der Waals surface area contributed by atoms with E-state index < -0.39 is 0 Å². The van der Waals surface area contributed by atoms with Gasteiger partial charge in [0.25, 0.3) is 5.91 Å². The molecule has 1 aromatic heterocycles. The number of benzene rings is 1. The van der Waals surface area contributed by atoms with E-state index in [1.54, 1.807) is 24.0 Å². The van der Waals surface area contributed by atoms with Crippen molar-refractivity contribution in [3.05, 3.63) is 40.7 Å². The van der Waals surface area contributed by atoms with E-state index in [2.05, 4.69) is 10.4 Å². The van der Waals surface area contributed by atoms with Crippen LogP contribution in [-0.4, -0.2) is 15.7 Å². The van der Waals surface area contributed by atoms with Gasteiger partial charge in [-0.3, -0.25) is 9.48 Å². The minimum Gasteiger partial charge on any atom is -0.398 e. The minimum absolute atomic E-state index is 0.169. The molecule has 0 aliphatic heterocycles. The number of amides is 1. The van der Waals surface area contributed by atoms with Crippen molar-refractivity contribution in [2.75, 3.05) is 11.1 Å². The molecule has 2 rings (SSSR count). The van der Waals surface area contributed by atoms with Crippen molar-refractivity contribution < 1.29 is 4.79 Å². The molecular formula is C14H18N4O. The van der Waals surface area contributed by atoms with E-state index in [1.807, 2.05) is 26.8 Å². The van der Waals surface area contributed by atoms with Crippen molar-refractivity contribution in [3.8, 4) is 0 Å². The molecule has 0 radical (unpaired) electrons. The molecule has 1 amide bonds. The number of rotatable bonds is 2. The Morgan fingerprint density at radius 2 is 1.95 bits per heavy atom.